The van der Waals surface area contributed by atoms with E-state index in [0.29, 0.717) is 33.5 Å². The second-order valence-electron chi connectivity index (χ2n) is 3.20. The van der Waals surface area contributed by atoms with Gasteiger partial charge in [-0.05, 0) is 18.2 Å². The van der Waals surface area contributed by atoms with Gasteiger partial charge in [0.2, 0.25) is 5.88 Å². The Morgan fingerprint density at radius 2 is 2.00 bits per heavy atom. The van der Waals surface area contributed by atoms with Crippen LogP contribution in [0.15, 0.2) is 36.5 Å². The molecule has 86 valence electrons. The Hall–Kier alpha value is -1.58. The normalized spacial score (nSPS) is 10.0. The molecule has 0 saturated carbocycles. The molecule has 0 radical (unpaired) electrons. The van der Waals surface area contributed by atoms with Gasteiger partial charge in [-0.1, -0.05) is 29.3 Å². The zero-order valence-corrected chi connectivity index (χ0v) is 10.1. The molecule has 0 aliphatic rings. The molecule has 5 heteroatoms. The van der Waals surface area contributed by atoms with E-state index < -0.39 is 0 Å². The molecule has 0 fully saturated rings. The van der Waals surface area contributed by atoms with Gasteiger partial charge in [0, 0.05) is 17.8 Å². The summed E-state index contributed by atoms with van der Waals surface area (Å²) in [5.41, 5.74) is 0.481. The van der Waals surface area contributed by atoms with Crippen LogP contribution in [0.25, 0.3) is 0 Å². The van der Waals surface area contributed by atoms with Gasteiger partial charge in [-0.25, -0.2) is 4.98 Å². The number of ether oxygens (including phenoxy) is 1. The molecule has 2 rings (SSSR count). The summed E-state index contributed by atoms with van der Waals surface area (Å²) in [7, 11) is 0. The van der Waals surface area contributed by atoms with E-state index in [-0.39, 0.29) is 0 Å². The zero-order valence-electron chi connectivity index (χ0n) is 8.56. The average molecular weight is 268 g/mol. The summed E-state index contributed by atoms with van der Waals surface area (Å²) < 4.78 is 5.45. The van der Waals surface area contributed by atoms with Crippen molar-refractivity contribution in [3.63, 3.8) is 0 Å². The number of nitrogens with zero attached hydrogens (tertiary/aromatic N) is 1. The first-order chi connectivity index (χ1) is 8.20. The summed E-state index contributed by atoms with van der Waals surface area (Å²) in [6.45, 7) is 0. The first-order valence-corrected chi connectivity index (χ1v) is 5.49. The van der Waals surface area contributed by atoms with Crippen LogP contribution in [-0.4, -0.2) is 11.3 Å². The standard InChI is InChI=1S/C12H7Cl2NO2/c13-9-2-1-3-10(12(9)14)17-11-5-4-8(7-16)6-15-11/h1-7H. The molecule has 0 N–H and O–H groups in total. The number of aldehydes is 1. The molecule has 1 aromatic heterocycles. The number of rotatable bonds is 3. The topological polar surface area (TPSA) is 39.2 Å². The Bertz CT molecular complexity index is 541. The van der Waals surface area contributed by atoms with Gasteiger partial charge in [-0.15, -0.1) is 0 Å². The summed E-state index contributed by atoms with van der Waals surface area (Å²) in [6, 6.07) is 8.27. The highest BCUT2D eigenvalue weighted by atomic mass is 35.5. The van der Waals surface area contributed by atoms with Crippen molar-refractivity contribution in [3.05, 3.63) is 52.1 Å². The predicted molar refractivity (Wildman–Crippen MR) is 66.2 cm³/mol. The van der Waals surface area contributed by atoms with Crippen molar-refractivity contribution < 1.29 is 9.53 Å². The first kappa shape index (κ1) is 11.9. The largest absolute Gasteiger partial charge is 0.437 e. The molecule has 0 atom stereocenters. The predicted octanol–water partition coefficient (Wildman–Crippen LogP) is 3.99. The molecule has 2 aromatic rings. The van der Waals surface area contributed by atoms with Crippen molar-refractivity contribution in [2.45, 2.75) is 0 Å². The minimum absolute atomic E-state index is 0.329. The molecule has 0 bridgehead atoms. The fourth-order valence-corrected chi connectivity index (χ4v) is 1.53. The van der Waals surface area contributed by atoms with Crippen LogP contribution in [0.5, 0.6) is 11.6 Å². The van der Waals surface area contributed by atoms with Gasteiger partial charge in [0.05, 0.1) is 5.02 Å². The van der Waals surface area contributed by atoms with Crippen LogP contribution < -0.4 is 4.74 Å². The third-order valence-corrected chi connectivity index (χ3v) is 2.83. The van der Waals surface area contributed by atoms with Crippen LogP contribution in [0.3, 0.4) is 0 Å². The lowest BCUT2D eigenvalue weighted by Gasteiger charge is -2.07. The van der Waals surface area contributed by atoms with E-state index >= 15 is 0 Å². The number of carbonyl (C=O) groups is 1. The van der Waals surface area contributed by atoms with Gasteiger partial charge in [-0.3, -0.25) is 4.79 Å². The number of aromatic nitrogens is 1. The fraction of sp³-hybridized carbons (Fsp3) is 0. The minimum atomic E-state index is 0.329. The number of carbonyl (C=O) groups excluding carboxylic acids is 1. The van der Waals surface area contributed by atoms with E-state index in [9.17, 15) is 4.79 Å². The molecule has 0 aliphatic heterocycles. The molecular weight excluding hydrogens is 261 g/mol. The second kappa shape index (κ2) is 5.17. The Morgan fingerprint density at radius 1 is 1.18 bits per heavy atom. The molecule has 0 saturated heterocycles. The van der Waals surface area contributed by atoms with Crippen LogP contribution in [0, 0.1) is 0 Å². The molecule has 3 nitrogen and oxygen atoms in total. The minimum Gasteiger partial charge on any atom is -0.437 e. The lowest BCUT2D eigenvalue weighted by atomic mass is 10.3. The molecular formula is C12H7Cl2NO2. The van der Waals surface area contributed by atoms with E-state index in [2.05, 4.69) is 4.98 Å². The van der Waals surface area contributed by atoms with Crippen LogP contribution in [0.4, 0.5) is 0 Å². The third-order valence-electron chi connectivity index (χ3n) is 2.03. The highest BCUT2D eigenvalue weighted by Gasteiger charge is 2.07. The Kier molecular flexibility index (Phi) is 3.61. The van der Waals surface area contributed by atoms with Crippen molar-refractivity contribution in [2.75, 3.05) is 0 Å². The van der Waals surface area contributed by atoms with E-state index in [1.54, 1.807) is 30.3 Å². The second-order valence-corrected chi connectivity index (χ2v) is 3.99. The molecule has 0 unspecified atom stereocenters. The van der Waals surface area contributed by atoms with Gasteiger partial charge in [0.1, 0.15) is 10.8 Å². The molecule has 0 spiro atoms. The third kappa shape index (κ3) is 2.75. The lowest BCUT2D eigenvalue weighted by molar-refractivity contribution is 0.112. The molecule has 1 heterocycles. The van der Waals surface area contributed by atoms with Gasteiger partial charge in [0.25, 0.3) is 0 Å². The van der Waals surface area contributed by atoms with Gasteiger partial charge < -0.3 is 4.74 Å². The summed E-state index contributed by atoms with van der Waals surface area (Å²) in [5.74, 6) is 0.769. The van der Waals surface area contributed by atoms with Crippen LogP contribution in [-0.2, 0) is 0 Å². The average Bonchev–Trinajstić information content (AvgIpc) is 2.36. The van der Waals surface area contributed by atoms with Crippen molar-refractivity contribution in [2.24, 2.45) is 0 Å². The van der Waals surface area contributed by atoms with Crippen molar-refractivity contribution in [1.29, 1.82) is 0 Å². The Balaban J connectivity index is 2.25. The lowest BCUT2D eigenvalue weighted by Crippen LogP contribution is -1.90. The fourth-order valence-electron chi connectivity index (χ4n) is 1.20. The molecule has 17 heavy (non-hydrogen) atoms. The zero-order chi connectivity index (χ0) is 12.3. The van der Waals surface area contributed by atoms with Crippen LogP contribution in [0.2, 0.25) is 10.0 Å². The van der Waals surface area contributed by atoms with E-state index in [0.717, 1.165) is 0 Å². The maximum absolute atomic E-state index is 10.5. The quantitative estimate of drug-likeness (QED) is 0.790. The number of hydrogen-bond acceptors (Lipinski definition) is 3. The highest BCUT2D eigenvalue weighted by Crippen LogP contribution is 2.33. The van der Waals surface area contributed by atoms with Gasteiger partial charge in [-0.2, -0.15) is 0 Å². The summed E-state index contributed by atoms with van der Waals surface area (Å²) in [6.07, 6.45) is 2.13. The van der Waals surface area contributed by atoms with Crippen molar-refractivity contribution in [1.82, 2.24) is 4.98 Å². The molecule has 1 aromatic carbocycles. The molecule has 0 aliphatic carbocycles. The van der Waals surface area contributed by atoms with Crippen LogP contribution >= 0.6 is 23.2 Å². The van der Waals surface area contributed by atoms with E-state index in [1.165, 1.54) is 6.20 Å². The summed E-state index contributed by atoms with van der Waals surface area (Å²) >= 11 is 11.8. The number of hydrogen-bond donors (Lipinski definition) is 0. The maximum atomic E-state index is 10.5. The van der Waals surface area contributed by atoms with Crippen molar-refractivity contribution in [3.8, 4) is 11.6 Å². The molecule has 0 amide bonds. The van der Waals surface area contributed by atoms with Gasteiger partial charge in [0.15, 0.2) is 6.29 Å². The summed E-state index contributed by atoms with van der Waals surface area (Å²) in [5, 5.41) is 0.740. The number of benzene rings is 1. The SMILES string of the molecule is O=Cc1ccc(Oc2cccc(Cl)c2Cl)nc1. The smallest absolute Gasteiger partial charge is 0.219 e. The van der Waals surface area contributed by atoms with Gasteiger partial charge >= 0.3 is 0 Å². The van der Waals surface area contributed by atoms with Crippen molar-refractivity contribution >= 4 is 29.5 Å². The first-order valence-electron chi connectivity index (χ1n) is 4.74. The Morgan fingerprint density at radius 3 is 2.65 bits per heavy atom. The maximum Gasteiger partial charge on any atom is 0.219 e. The Labute approximate surface area is 108 Å². The van der Waals surface area contributed by atoms with E-state index in [4.69, 9.17) is 27.9 Å². The van der Waals surface area contributed by atoms with E-state index in [1.807, 2.05) is 0 Å². The summed E-state index contributed by atoms with van der Waals surface area (Å²) in [4.78, 5) is 14.4. The number of pyridine rings is 1. The number of halogens is 2. The highest BCUT2D eigenvalue weighted by molar-refractivity contribution is 6.42. The monoisotopic (exact) mass is 267 g/mol. The van der Waals surface area contributed by atoms with Crippen LogP contribution in [0.1, 0.15) is 10.4 Å².